The molecule has 28 heavy (non-hydrogen) atoms. The maximum atomic E-state index is 13.3. The number of nitrogens with one attached hydrogen (secondary N) is 2. The molecular weight excluding hydrogens is 370 g/mol. The number of carbonyl (C=O) groups excluding carboxylic acids is 1. The summed E-state index contributed by atoms with van der Waals surface area (Å²) >= 11 is 1.68. The highest BCUT2D eigenvalue weighted by molar-refractivity contribution is 7.15. The van der Waals surface area contributed by atoms with E-state index >= 15 is 0 Å². The Kier molecular flexibility index (Phi) is 4.31. The summed E-state index contributed by atoms with van der Waals surface area (Å²) in [7, 11) is 1.89. The molecule has 6 nitrogen and oxygen atoms in total. The van der Waals surface area contributed by atoms with E-state index in [4.69, 9.17) is 4.98 Å². The minimum absolute atomic E-state index is 0.0437. The van der Waals surface area contributed by atoms with Crippen molar-refractivity contribution in [3.8, 4) is 0 Å². The first kappa shape index (κ1) is 17.3. The van der Waals surface area contributed by atoms with Crippen LogP contribution in [0.4, 0.5) is 5.95 Å². The third kappa shape index (κ3) is 2.77. The Labute approximate surface area is 167 Å². The predicted molar refractivity (Wildman–Crippen MR) is 113 cm³/mol. The molecule has 1 aliphatic heterocycles. The van der Waals surface area contributed by atoms with Crippen molar-refractivity contribution in [1.29, 1.82) is 0 Å². The number of likely N-dealkylation sites (tertiary alicyclic amines) is 1. The molecule has 144 valence electrons. The van der Waals surface area contributed by atoms with Gasteiger partial charge in [0.1, 0.15) is 10.5 Å². The summed E-state index contributed by atoms with van der Waals surface area (Å²) < 4.78 is 2.08. The Balaban J connectivity index is 1.47. The van der Waals surface area contributed by atoms with Crippen molar-refractivity contribution in [1.82, 2.24) is 19.3 Å². The summed E-state index contributed by atoms with van der Waals surface area (Å²) in [5.41, 5.74) is 3.16. The number of anilines is 1. The fourth-order valence-electron chi connectivity index (χ4n) is 4.30. The maximum Gasteiger partial charge on any atom is 0.227 e. The maximum absolute atomic E-state index is 13.3. The number of piperidine rings is 1. The number of imidazole rings is 1. The van der Waals surface area contributed by atoms with Gasteiger partial charge in [-0.1, -0.05) is 18.2 Å². The summed E-state index contributed by atoms with van der Waals surface area (Å²) in [4.78, 5) is 24.6. The third-order valence-electron chi connectivity index (χ3n) is 5.66. The molecule has 1 aliphatic rings. The highest BCUT2D eigenvalue weighted by Gasteiger charge is 2.32. The fourth-order valence-corrected chi connectivity index (χ4v) is 5.17. The standard InChI is InChI=1S/C21H23N5OS/c1-22-21-24-19(20-26(21)10-11-28-20)17-8-4-5-9-25(17)18(27)12-14-13-23-16-7-3-2-6-15(14)16/h2-3,6-7,10-11,13,17,23H,4-5,8-9,12H2,1H3,(H,22,24)/t17-/m0/s1. The SMILES string of the molecule is CNc1nc([C@@H]2CCCCN2C(=O)Cc2c[nH]c3ccccc23)c2sccn12. The van der Waals surface area contributed by atoms with Gasteiger partial charge in [-0.05, 0) is 30.9 Å². The number of nitrogens with zero attached hydrogens (tertiary/aromatic N) is 3. The number of hydrogen-bond acceptors (Lipinski definition) is 4. The number of amides is 1. The molecule has 0 spiro atoms. The minimum atomic E-state index is 0.0437. The van der Waals surface area contributed by atoms with Gasteiger partial charge in [0, 0.05) is 42.3 Å². The highest BCUT2D eigenvalue weighted by atomic mass is 32.1. The van der Waals surface area contributed by atoms with Crippen molar-refractivity contribution in [3.05, 3.63) is 53.3 Å². The van der Waals surface area contributed by atoms with Gasteiger partial charge in [-0.2, -0.15) is 0 Å². The topological polar surface area (TPSA) is 65.4 Å². The molecule has 1 atom stereocenters. The number of fused-ring (bicyclic) bond motifs is 2. The number of carbonyl (C=O) groups is 1. The monoisotopic (exact) mass is 393 g/mol. The lowest BCUT2D eigenvalue weighted by molar-refractivity contribution is -0.134. The van der Waals surface area contributed by atoms with Gasteiger partial charge in [0.15, 0.2) is 0 Å². The Hall–Kier alpha value is -2.80. The van der Waals surface area contributed by atoms with Crippen LogP contribution in [-0.4, -0.2) is 38.8 Å². The summed E-state index contributed by atoms with van der Waals surface area (Å²) in [6.45, 7) is 0.797. The second kappa shape index (κ2) is 6.98. The van der Waals surface area contributed by atoms with Crippen molar-refractivity contribution < 1.29 is 4.79 Å². The molecule has 2 N–H and O–H groups in total. The van der Waals surface area contributed by atoms with Crippen molar-refractivity contribution in [3.63, 3.8) is 0 Å². The van der Waals surface area contributed by atoms with Crippen LogP contribution in [0, 0.1) is 0 Å². The van der Waals surface area contributed by atoms with Crippen LogP contribution >= 0.6 is 11.3 Å². The summed E-state index contributed by atoms with van der Waals surface area (Å²) in [6, 6.07) is 8.19. The van der Waals surface area contributed by atoms with E-state index in [1.165, 1.54) is 0 Å². The molecule has 4 aromatic rings. The molecule has 0 bridgehead atoms. The average Bonchev–Trinajstić information content (AvgIpc) is 3.43. The molecule has 1 amide bonds. The van der Waals surface area contributed by atoms with Gasteiger partial charge in [-0.15, -0.1) is 11.3 Å². The molecule has 5 rings (SSSR count). The fraction of sp³-hybridized carbons (Fsp3) is 0.333. The lowest BCUT2D eigenvalue weighted by Crippen LogP contribution is -2.39. The van der Waals surface area contributed by atoms with Crippen LogP contribution in [0.25, 0.3) is 15.7 Å². The van der Waals surface area contributed by atoms with Crippen molar-refractivity contribution in [2.75, 3.05) is 18.9 Å². The van der Waals surface area contributed by atoms with Crippen LogP contribution in [0.3, 0.4) is 0 Å². The van der Waals surface area contributed by atoms with E-state index in [2.05, 4.69) is 26.1 Å². The lowest BCUT2D eigenvalue weighted by Gasteiger charge is -2.35. The molecule has 0 radical (unpaired) electrons. The zero-order valence-electron chi connectivity index (χ0n) is 15.8. The second-order valence-electron chi connectivity index (χ2n) is 7.28. The Morgan fingerprint density at radius 3 is 3.14 bits per heavy atom. The van der Waals surface area contributed by atoms with E-state index in [0.29, 0.717) is 6.42 Å². The van der Waals surface area contributed by atoms with Crippen molar-refractivity contribution in [2.45, 2.75) is 31.7 Å². The van der Waals surface area contributed by atoms with Crippen LogP contribution < -0.4 is 5.32 Å². The number of H-pyrrole nitrogens is 1. The van der Waals surface area contributed by atoms with E-state index in [1.54, 1.807) is 11.3 Å². The molecule has 7 heteroatoms. The van der Waals surface area contributed by atoms with Crippen LogP contribution in [0.15, 0.2) is 42.0 Å². The quantitative estimate of drug-likeness (QED) is 0.546. The summed E-state index contributed by atoms with van der Waals surface area (Å²) in [5, 5.41) is 6.37. The van der Waals surface area contributed by atoms with Crippen LogP contribution in [0.5, 0.6) is 0 Å². The lowest BCUT2D eigenvalue weighted by atomic mass is 9.98. The van der Waals surface area contributed by atoms with E-state index < -0.39 is 0 Å². The van der Waals surface area contributed by atoms with Gasteiger partial charge in [0.05, 0.1) is 12.5 Å². The molecule has 0 saturated carbocycles. The number of para-hydroxylation sites is 1. The van der Waals surface area contributed by atoms with E-state index in [9.17, 15) is 4.79 Å². The van der Waals surface area contributed by atoms with Gasteiger partial charge in [0.2, 0.25) is 11.9 Å². The largest absolute Gasteiger partial charge is 0.361 e. The molecule has 1 aromatic carbocycles. The first-order chi connectivity index (χ1) is 13.8. The second-order valence-corrected chi connectivity index (χ2v) is 8.18. The zero-order chi connectivity index (χ0) is 19.1. The molecule has 3 aromatic heterocycles. The molecule has 1 saturated heterocycles. The number of rotatable bonds is 4. The van der Waals surface area contributed by atoms with Crippen molar-refractivity contribution in [2.24, 2.45) is 0 Å². The zero-order valence-corrected chi connectivity index (χ0v) is 16.6. The smallest absolute Gasteiger partial charge is 0.227 e. The first-order valence-corrected chi connectivity index (χ1v) is 10.6. The van der Waals surface area contributed by atoms with Crippen LogP contribution in [-0.2, 0) is 11.2 Å². The Bertz CT molecular complexity index is 1140. The van der Waals surface area contributed by atoms with E-state index in [1.807, 2.05) is 42.5 Å². The summed E-state index contributed by atoms with van der Waals surface area (Å²) in [6.07, 6.45) is 7.56. The molecule has 1 fully saturated rings. The molecule has 0 unspecified atom stereocenters. The van der Waals surface area contributed by atoms with Gasteiger partial charge in [0.25, 0.3) is 0 Å². The molecule has 4 heterocycles. The molecular formula is C21H23N5OS. The Morgan fingerprint density at radius 2 is 2.25 bits per heavy atom. The van der Waals surface area contributed by atoms with Crippen LogP contribution in [0.1, 0.15) is 36.6 Å². The van der Waals surface area contributed by atoms with E-state index in [0.717, 1.165) is 58.7 Å². The van der Waals surface area contributed by atoms with Crippen molar-refractivity contribution >= 4 is 38.9 Å². The average molecular weight is 394 g/mol. The van der Waals surface area contributed by atoms with E-state index in [-0.39, 0.29) is 11.9 Å². The van der Waals surface area contributed by atoms with Crippen LogP contribution in [0.2, 0.25) is 0 Å². The number of thiazole rings is 1. The molecule has 0 aliphatic carbocycles. The van der Waals surface area contributed by atoms with Gasteiger partial charge in [-0.3, -0.25) is 9.20 Å². The predicted octanol–water partition coefficient (Wildman–Crippen LogP) is 4.22. The third-order valence-corrected chi connectivity index (χ3v) is 6.55. The number of benzene rings is 1. The number of aromatic nitrogens is 3. The van der Waals surface area contributed by atoms with Gasteiger partial charge >= 0.3 is 0 Å². The van der Waals surface area contributed by atoms with Gasteiger partial charge in [-0.25, -0.2) is 4.98 Å². The van der Waals surface area contributed by atoms with Gasteiger partial charge < -0.3 is 15.2 Å². The number of aromatic amines is 1. The summed E-state index contributed by atoms with van der Waals surface area (Å²) in [5.74, 6) is 1.01. The minimum Gasteiger partial charge on any atom is -0.361 e. The normalized spacial score (nSPS) is 17.5. The highest BCUT2D eigenvalue weighted by Crippen LogP contribution is 2.36. The first-order valence-electron chi connectivity index (χ1n) is 9.74. The number of hydrogen-bond donors (Lipinski definition) is 2. The Morgan fingerprint density at radius 1 is 1.36 bits per heavy atom.